The summed E-state index contributed by atoms with van der Waals surface area (Å²) < 4.78 is 13.9. The van der Waals surface area contributed by atoms with Crippen molar-refractivity contribution >= 4 is 17.1 Å². The van der Waals surface area contributed by atoms with Gasteiger partial charge in [0.05, 0.1) is 16.6 Å². The van der Waals surface area contributed by atoms with Crippen LogP contribution in [0.2, 0.25) is 0 Å². The zero-order chi connectivity index (χ0) is 14.3. The molecule has 0 atom stereocenters. The molecule has 0 radical (unpaired) electrons. The molecule has 2 N–H and O–H groups in total. The molecule has 3 rings (SSSR count). The predicted molar refractivity (Wildman–Crippen MR) is 71.0 cm³/mol. The number of nitrogens with zero attached hydrogens (tertiary/aromatic N) is 2. The second kappa shape index (κ2) is 4.41. The van der Waals surface area contributed by atoms with E-state index >= 15 is 0 Å². The SMILES string of the molecule is Cc1ccc(-c2nc3ncc(C(=O)O)cc3[nH]2)c(F)c1. The van der Waals surface area contributed by atoms with Crippen LogP contribution in [0.3, 0.4) is 0 Å². The van der Waals surface area contributed by atoms with Gasteiger partial charge in [-0.15, -0.1) is 0 Å². The quantitative estimate of drug-likeness (QED) is 0.751. The monoisotopic (exact) mass is 271 g/mol. The van der Waals surface area contributed by atoms with Gasteiger partial charge >= 0.3 is 5.97 Å². The summed E-state index contributed by atoms with van der Waals surface area (Å²) in [4.78, 5) is 21.9. The average Bonchev–Trinajstić information content (AvgIpc) is 2.80. The molecule has 100 valence electrons. The number of benzene rings is 1. The Morgan fingerprint density at radius 1 is 1.35 bits per heavy atom. The second-order valence-electron chi connectivity index (χ2n) is 4.47. The average molecular weight is 271 g/mol. The molecule has 0 aliphatic rings. The molecule has 0 aliphatic carbocycles. The molecule has 1 aromatic carbocycles. The molecule has 0 spiro atoms. The van der Waals surface area contributed by atoms with Crippen molar-refractivity contribution in [2.75, 3.05) is 0 Å². The Hall–Kier alpha value is -2.76. The van der Waals surface area contributed by atoms with E-state index in [-0.39, 0.29) is 11.4 Å². The molecule has 2 heterocycles. The van der Waals surface area contributed by atoms with Crippen LogP contribution in [0.1, 0.15) is 15.9 Å². The number of rotatable bonds is 2. The minimum absolute atomic E-state index is 0.0529. The number of nitrogens with one attached hydrogen (secondary N) is 1. The van der Waals surface area contributed by atoms with E-state index in [1.807, 2.05) is 0 Å². The van der Waals surface area contributed by atoms with Crippen molar-refractivity contribution in [2.45, 2.75) is 6.92 Å². The van der Waals surface area contributed by atoms with E-state index in [0.717, 1.165) is 5.56 Å². The molecule has 0 unspecified atom stereocenters. The van der Waals surface area contributed by atoms with Gasteiger partial charge in [0.25, 0.3) is 0 Å². The number of imidazole rings is 1. The van der Waals surface area contributed by atoms with E-state index in [9.17, 15) is 9.18 Å². The Balaban J connectivity index is 2.15. The number of H-pyrrole nitrogens is 1. The maximum absolute atomic E-state index is 13.9. The van der Waals surface area contributed by atoms with Gasteiger partial charge in [-0.3, -0.25) is 0 Å². The summed E-state index contributed by atoms with van der Waals surface area (Å²) in [6.45, 7) is 1.80. The number of aromatic nitrogens is 3. The van der Waals surface area contributed by atoms with E-state index in [4.69, 9.17) is 5.11 Å². The zero-order valence-corrected chi connectivity index (χ0v) is 10.5. The Bertz CT molecular complexity index is 826. The number of fused-ring (bicyclic) bond motifs is 1. The van der Waals surface area contributed by atoms with Gasteiger partial charge in [-0.2, -0.15) is 0 Å². The molecule has 20 heavy (non-hydrogen) atoms. The van der Waals surface area contributed by atoms with Gasteiger partial charge in [0, 0.05) is 6.20 Å². The van der Waals surface area contributed by atoms with Crippen LogP contribution in [0, 0.1) is 12.7 Å². The predicted octanol–water partition coefficient (Wildman–Crippen LogP) is 2.77. The van der Waals surface area contributed by atoms with E-state index in [0.29, 0.717) is 22.6 Å². The van der Waals surface area contributed by atoms with Gasteiger partial charge in [0.1, 0.15) is 11.6 Å². The highest BCUT2D eigenvalue weighted by Crippen LogP contribution is 2.23. The van der Waals surface area contributed by atoms with Crippen molar-refractivity contribution < 1.29 is 14.3 Å². The number of carboxylic acids is 1. The first-order chi connectivity index (χ1) is 9.54. The van der Waals surface area contributed by atoms with E-state index in [2.05, 4.69) is 15.0 Å². The fraction of sp³-hybridized carbons (Fsp3) is 0.0714. The minimum atomic E-state index is -1.07. The summed E-state index contributed by atoms with van der Waals surface area (Å²) in [7, 11) is 0. The maximum atomic E-state index is 13.9. The van der Waals surface area contributed by atoms with Crippen LogP contribution in [-0.2, 0) is 0 Å². The standard InChI is InChI=1S/C14H10FN3O2/c1-7-2-3-9(10(15)4-7)12-17-11-5-8(14(19)20)6-16-13(11)18-12/h2-6H,1H3,(H,19,20)(H,16,17,18). The molecule has 5 nitrogen and oxygen atoms in total. The number of halogens is 1. The van der Waals surface area contributed by atoms with Crippen molar-refractivity contribution in [3.63, 3.8) is 0 Å². The lowest BCUT2D eigenvalue weighted by atomic mass is 10.1. The van der Waals surface area contributed by atoms with Gasteiger partial charge in [-0.25, -0.2) is 19.2 Å². The minimum Gasteiger partial charge on any atom is -0.478 e. The smallest absolute Gasteiger partial charge is 0.337 e. The van der Waals surface area contributed by atoms with E-state index in [1.54, 1.807) is 19.1 Å². The van der Waals surface area contributed by atoms with Crippen LogP contribution < -0.4 is 0 Å². The Kier molecular flexibility index (Phi) is 2.71. The summed E-state index contributed by atoms with van der Waals surface area (Å²) in [6, 6.07) is 6.24. The summed E-state index contributed by atoms with van der Waals surface area (Å²) in [6.07, 6.45) is 1.22. The first-order valence-corrected chi connectivity index (χ1v) is 5.90. The second-order valence-corrected chi connectivity index (χ2v) is 4.47. The highest BCUT2D eigenvalue weighted by Gasteiger charge is 2.12. The molecular weight excluding hydrogens is 261 g/mol. The third-order valence-corrected chi connectivity index (χ3v) is 2.96. The number of aromatic carboxylic acids is 1. The molecule has 0 saturated carbocycles. The lowest BCUT2D eigenvalue weighted by molar-refractivity contribution is 0.0696. The Morgan fingerprint density at radius 2 is 2.15 bits per heavy atom. The van der Waals surface area contributed by atoms with E-state index in [1.165, 1.54) is 18.3 Å². The third kappa shape index (κ3) is 2.01. The van der Waals surface area contributed by atoms with Crippen LogP contribution in [0.25, 0.3) is 22.6 Å². The van der Waals surface area contributed by atoms with Crippen molar-refractivity contribution in [3.8, 4) is 11.4 Å². The van der Waals surface area contributed by atoms with Crippen molar-refractivity contribution in [3.05, 3.63) is 47.4 Å². The maximum Gasteiger partial charge on any atom is 0.337 e. The Morgan fingerprint density at radius 3 is 2.85 bits per heavy atom. The van der Waals surface area contributed by atoms with Crippen molar-refractivity contribution in [2.24, 2.45) is 0 Å². The fourth-order valence-corrected chi connectivity index (χ4v) is 1.96. The van der Waals surface area contributed by atoms with Crippen LogP contribution in [0.4, 0.5) is 4.39 Å². The summed E-state index contributed by atoms with van der Waals surface area (Å²) in [5.41, 5.74) is 2.00. The zero-order valence-electron chi connectivity index (χ0n) is 10.5. The molecule has 2 aromatic heterocycles. The summed E-state index contributed by atoms with van der Waals surface area (Å²) >= 11 is 0. The topological polar surface area (TPSA) is 78.9 Å². The first kappa shape index (κ1) is 12.3. The Labute approximate surface area is 113 Å². The van der Waals surface area contributed by atoms with Crippen LogP contribution in [0.5, 0.6) is 0 Å². The molecule has 3 aromatic rings. The van der Waals surface area contributed by atoms with Gasteiger partial charge in [-0.05, 0) is 30.7 Å². The van der Waals surface area contributed by atoms with Crippen molar-refractivity contribution in [1.29, 1.82) is 0 Å². The summed E-state index contributed by atoms with van der Waals surface area (Å²) in [5, 5.41) is 8.91. The lowest BCUT2D eigenvalue weighted by Crippen LogP contribution is -1.96. The normalized spacial score (nSPS) is 10.9. The number of hydrogen-bond acceptors (Lipinski definition) is 3. The highest BCUT2D eigenvalue weighted by molar-refractivity contribution is 5.91. The molecule has 0 fully saturated rings. The molecular formula is C14H10FN3O2. The van der Waals surface area contributed by atoms with Gasteiger partial charge < -0.3 is 10.1 Å². The van der Waals surface area contributed by atoms with Gasteiger partial charge in [-0.1, -0.05) is 6.07 Å². The number of aryl methyl sites for hydroxylation is 1. The largest absolute Gasteiger partial charge is 0.478 e. The molecule has 0 bridgehead atoms. The highest BCUT2D eigenvalue weighted by atomic mass is 19.1. The molecule has 0 saturated heterocycles. The fourth-order valence-electron chi connectivity index (χ4n) is 1.96. The van der Waals surface area contributed by atoms with Crippen molar-refractivity contribution in [1.82, 2.24) is 15.0 Å². The molecule has 6 heteroatoms. The number of carboxylic acid groups (broad SMARTS) is 1. The molecule has 0 aliphatic heterocycles. The van der Waals surface area contributed by atoms with Crippen LogP contribution >= 0.6 is 0 Å². The van der Waals surface area contributed by atoms with E-state index < -0.39 is 5.97 Å². The number of aromatic amines is 1. The number of pyridine rings is 1. The van der Waals surface area contributed by atoms with Crippen LogP contribution in [-0.4, -0.2) is 26.0 Å². The number of carbonyl (C=O) groups is 1. The summed E-state index contributed by atoms with van der Waals surface area (Å²) in [5.74, 6) is -1.13. The van der Waals surface area contributed by atoms with Gasteiger partial charge in [0.15, 0.2) is 5.65 Å². The number of hydrogen-bond donors (Lipinski definition) is 2. The lowest BCUT2D eigenvalue weighted by Gasteiger charge is -1.99. The van der Waals surface area contributed by atoms with Crippen LogP contribution in [0.15, 0.2) is 30.5 Å². The van der Waals surface area contributed by atoms with Gasteiger partial charge in [0.2, 0.25) is 0 Å². The molecule has 0 amide bonds. The first-order valence-electron chi connectivity index (χ1n) is 5.90. The third-order valence-electron chi connectivity index (χ3n) is 2.96.